The van der Waals surface area contributed by atoms with Crippen LogP contribution in [0.15, 0.2) is 18.6 Å². The monoisotopic (exact) mass is 262 g/mol. The SMILES string of the molecule is CC(C)CNC(=O)[C@H]1CCCN(c2cnccn2)C1. The number of amides is 1. The number of carbonyl (C=O) groups excluding carboxylic acids is 1. The lowest BCUT2D eigenvalue weighted by molar-refractivity contribution is -0.125. The molecule has 0 saturated carbocycles. The Kier molecular flexibility index (Phi) is 4.71. The summed E-state index contributed by atoms with van der Waals surface area (Å²) >= 11 is 0. The smallest absolute Gasteiger partial charge is 0.224 e. The van der Waals surface area contributed by atoms with Gasteiger partial charge in [-0.2, -0.15) is 0 Å². The molecule has 1 aromatic rings. The van der Waals surface area contributed by atoms with Crippen LogP contribution in [0, 0.1) is 11.8 Å². The van der Waals surface area contributed by atoms with Crippen molar-refractivity contribution in [1.82, 2.24) is 15.3 Å². The zero-order valence-electron chi connectivity index (χ0n) is 11.7. The van der Waals surface area contributed by atoms with E-state index in [1.807, 2.05) is 0 Å². The maximum Gasteiger partial charge on any atom is 0.224 e. The summed E-state index contributed by atoms with van der Waals surface area (Å²) in [6, 6.07) is 0. The first-order chi connectivity index (χ1) is 9.16. The van der Waals surface area contributed by atoms with E-state index in [-0.39, 0.29) is 11.8 Å². The van der Waals surface area contributed by atoms with Crippen molar-refractivity contribution in [2.24, 2.45) is 11.8 Å². The van der Waals surface area contributed by atoms with Gasteiger partial charge in [-0.1, -0.05) is 13.8 Å². The van der Waals surface area contributed by atoms with E-state index >= 15 is 0 Å². The summed E-state index contributed by atoms with van der Waals surface area (Å²) < 4.78 is 0. The minimum absolute atomic E-state index is 0.0644. The highest BCUT2D eigenvalue weighted by molar-refractivity contribution is 5.79. The van der Waals surface area contributed by atoms with Crippen LogP contribution < -0.4 is 10.2 Å². The maximum absolute atomic E-state index is 12.1. The van der Waals surface area contributed by atoms with Crippen molar-refractivity contribution in [2.75, 3.05) is 24.5 Å². The van der Waals surface area contributed by atoms with Crippen molar-refractivity contribution in [1.29, 1.82) is 0 Å². The lowest BCUT2D eigenvalue weighted by Gasteiger charge is -2.32. The molecule has 104 valence electrons. The number of piperidine rings is 1. The van der Waals surface area contributed by atoms with Gasteiger partial charge in [-0.25, -0.2) is 4.98 Å². The van der Waals surface area contributed by atoms with Gasteiger partial charge in [-0.3, -0.25) is 9.78 Å². The van der Waals surface area contributed by atoms with Crippen LogP contribution in [0.5, 0.6) is 0 Å². The van der Waals surface area contributed by atoms with Gasteiger partial charge in [-0.05, 0) is 18.8 Å². The van der Waals surface area contributed by atoms with Gasteiger partial charge >= 0.3 is 0 Å². The second-order valence-corrected chi connectivity index (χ2v) is 5.49. The number of anilines is 1. The minimum atomic E-state index is 0.0644. The Labute approximate surface area is 114 Å². The molecule has 0 spiro atoms. The summed E-state index contributed by atoms with van der Waals surface area (Å²) in [5, 5.41) is 3.02. The Morgan fingerprint density at radius 2 is 2.37 bits per heavy atom. The topological polar surface area (TPSA) is 58.1 Å². The van der Waals surface area contributed by atoms with Gasteiger partial charge < -0.3 is 10.2 Å². The van der Waals surface area contributed by atoms with Crippen LogP contribution >= 0.6 is 0 Å². The van der Waals surface area contributed by atoms with E-state index in [0.29, 0.717) is 5.92 Å². The second kappa shape index (κ2) is 6.50. The van der Waals surface area contributed by atoms with Crippen LogP contribution in [-0.2, 0) is 4.79 Å². The van der Waals surface area contributed by atoms with E-state index in [1.54, 1.807) is 18.6 Å². The lowest BCUT2D eigenvalue weighted by Crippen LogP contribution is -2.44. The van der Waals surface area contributed by atoms with Crippen molar-refractivity contribution in [3.63, 3.8) is 0 Å². The third-order valence-electron chi connectivity index (χ3n) is 3.35. The summed E-state index contributed by atoms with van der Waals surface area (Å²) in [6.07, 6.45) is 7.10. The Morgan fingerprint density at radius 3 is 3.05 bits per heavy atom. The zero-order valence-corrected chi connectivity index (χ0v) is 11.7. The van der Waals surface area contributed by atoms with Gasteiger partial charge in [0.25, 0.3) is 0 Å². The predicted octanol–water partition coefficient (Wildman–Crippen LogP) is 1.47. The molecule has 1 aliphatic rings. The number of rotatable bonds is 4. The number of aromatic nitrogens is 2. The standard InChI is InChI=1S/C14H22N4O/c1-11(2)8-17-14(19)12-4-3-7-18(10-12)13-9-15-5-6-16-13/h5-6,9,11-12H,3-4,7-8,10H2,1-2H3,(H,17,19)/t12-/m0/s1. The average Bonchev–Trinajstić information content (AvgIpc) is 2.46. The molecule has 5 nitrogen and oxygen atoms in total. The number of carbonyl (C=O) groups is 1. The Hall–Kier alpha value is -1.65. The second-order valence-electron chi connectivity index (χ2n) is 5.49. The molecule has 1 aliphatic heterocycles. The van der Waals surface area contributed by atoms with Crippen LogP contribution in [0.25, 0.3) is 0 Å². The summed E-state index contributed by atoms with van der Waals surface area (Å²) in [5.41, 5.74) is 0. The van der Waals surface area contributed by atoms with Gasteiger partial charge in [0, 0.05) is 32.0 Å². The number of hydrogen-bond acceptors (Lipinski definition) is 4. The van der Waals surface area contributed by atoms with Gasteiger partial charge in [-0.15, -0.1) is 0 Å². The molecule has 5 heteroatoms. The highest BCUT2D eigenvalue weighted by Gasteiger charge is 2.26. The van der Waals surface area contributed by atoms with Crippen LogP contribution in [-0.4, -0.2) is 35.5 Å². The first kappa shape index (κ1) is 13.8. The van der Waals surface area contributed by atoms with Crippen molar-refractivity contribution in [2.45, 2.75) is 26.7 Å². The van der Waals surface area contributed by atoms with Crippen LogP contribution in [0.2, 0.25) is 0 Å². The van der Waals surface area contributed by atoms with Gasteiger partial charge in [0.15, 0.2) is 0 Å². The Bertz CT molecular complexity index is 407. The molecule has 19 heavy (non-hydrogen) atoms. The molecule has 2 rings (SSSR count). The van der Waals surface area contributed by atoms with Crippen LogP contribution in [0.4, 0.5) is 5.82 Å². The average molecular weight is 262 g/mol. The van der Waals surface area contributed by atoms with E-state index in [4.69, 9.17) is 0 Å². The van der Waals surface area contributed by atoms with E-state index < -0.39 is 0 Å². The van der Waals surface area contributed by atoms with Gasteiger partial charge in [0.2, 0.25) is 5.91 Å². The normalized spacial score (nSPS) is 19.5. The summed E-state index contributed by atoms with van der Waals surface area (Å²) in [4.78, 5) is 22.6. The summed E-state index contributed by atoms with van der Waals surface area (Å²) in [6.45, 7) is 6.65. The molecule has 0 aliphatic carbocycles. The zero-order chi connectivity index (χ0) is 13.7. The summed E-state index contributed by atoms with van der Waals surface area (Å²) in [7, 11) is 0. The molecule has 1 fully saturated rings. The molecule has 1 atom stereocenters. The highest BCUT2D eigenvalue weighted by atomic mass is 16.1. The maximum atomic E-state index is 12.1. The number of hydrogen-bond donors (Lipinski definition) is 1. The first-order valence-corrected chi connectivity index (χ1v) is 6.95. The third-order valence-corrected chi connectivity index (χ3v) is 3.35. The van der Waals surface area contributed by atoms with Crippen LogP contribution in [0.3, 0.4) is 0 Å². The van der Waals surface area contributed by atoms with E-state index in [1.165, 1.54) is 0 Å². The lowest BCUT2D eigenvalue weighted by atomic mass is 9.97. The fourth-order valence-corrected chi connectivity index (χ4v) is 2.30. The molecule has 0 unspecified atom stereocenters. The molecule has 1 aromatic heterocycles. The fraction of sp³-hybridized carbons (Fsp3) is 0.643. The minimum Gasteiger partial charge on any atom is -0.356 e. The Morgan fingerprint density at radius 1 is 1.53 bits per heavy atom. The first-order valence-electron chi connectivity index (χ1n) is 6.95. The van der Waals surface area contributed by atoms with E-state index in [9.17, 15) is 4.79 Å². The van der Waals surface area contributed by atoms with Crippen molar-refractivity contribution in [3.05, 3.63) is 18.6 Å². The number of nitrogens with one attached hydrogen (secondary N) is 1. The van der Waals surface area contributed by atoms with Crippen molar-refractivity contribution >= 4 is 11.7 Å². The summed E-state index contributed by atoms with van der Waals surface area (Å²) in [5.74, 6) is 1.59. The molecule has 1 amide bonds. The van der Waals surface area contributed by atoms with Crippen LogP contribution in [0.1, 0.15) is 26.7 Å². The predicted molar refractivity (Wildman–Crippen MR) is 74.8 cm³/mol. The molecule has 2 heterocycles. The molecular formula is C14H22N4O. The van der Waals surface area contributed by atoms with Gasteiger partial charge in [0.05, 0.1) is 12.1 Å². The van der Waals surface area contributed by atoms with Crippen molar-refractivity contribution < 1.29 is 4.79 Å². The molecule has 1 saturated heterocycles. The Balaban J connectivity index is 1.92. The molecule has 0 bridgehead atoms. The third kappa shape index (κ3) is 3.91. The van der Waals surface area contributed by atoms with Crippen molar-refractivity contribution in [3.8, 4) is 0 Å². The van der Waals surface area contributed by atoms with E-state index in [0.717, 1.165) is 38.3 Å². The molecular weight excluding hydrogens is 240 g/mol. The van der Waals surface area contributed by atoms with Gasteiger partial charge in [0.1, 0.15) is 5.82 Å². The molecule has 0 radical (unpaired) electrons. The largest absolute Gasteiger partial charge is 0.356 e. The molecule has 1 N–H and O–H groups in total. The highest BCUT2D eigenvalue weighted by Crippen LogP contribution is 2.20. The fourth-order valence-electron chi connectivity index (χ4n) is 2.30. The molecule has 0 aromatic carbocycles. The van der Waals surface area contributed by atoms with E-state index in [2.05, 4.69) is 34.0 Å². The number of nitrogens with zero attached hydrogens (tertiary/aromatic N) is 3. The quantitative estimate of drug-likeness (QED) is 0.892.